The summed E-state index contributed by atoms with van der Waals surface area (Å²) in [7, 11) is 3.78. The molecule has 0 spiro atoms. The van der Waals surface area contributed by atoms with Gasteiger partial charge in [0.2, 0.25) is 5.91 Å². The number of nitrogens with zero attached hydrogens (tertiary/aromatic N) is 1. The predicted molar refractivity (Wildman–Crippen MR) is 103 cm³/mol. The molecule has 1 aromatic heterocycles. The van der Waals surface area contributed by atoms with E-state index >= 15 is 0 Å². The molecule has 2 fully saturated rings. The zero-order valence-corrected chi connectivity index (χ0v) is 17.2. The summed E-state index contributed by atoms with van der Waals surface area (Å²) < 4.78 is 3.56. The molecule has 2 nitrogen and oxygen atoms in total. The van der Waals surface area contributed by atoms with Crippen LogP contribution in [0.3, 0.4) is 0 Å². The molecule has 2 aliphatic rings. The molecule has 2 aromatic rings. The van der Waals surface area contributed by atoms with Gasteiger partial charge in [-0.3, -0.25) is 4.79 Å². The molecule has 0 N–H and O–H groups in total. The van der Waals surface area contributed by atoms with Crippen molar-refractivity contribution in [2.75, 3.05) is 14.1 Å². The second-order valence-electron chi connectivity index (χ2n) is 7.06. The lowest BCUT2D eigenvalue weighted by atomic mass is 9.74. The molecule has 0 radical (unpaired) electrons. The van der Waals surface area contributed by atoms with Crippen LogP contribution in [0.15, 0.2) is 26.5 Å². The van der Waals surface area contributed by atoms with Crippen LogP contribution in [0.5, 0.6) is 0 Å². The van der Waals surface area contributed by atoms with Crippen molar-refractivity contribution in [1.29, 1.82) is 0 Å². The van der Waals surface area contributed by atoms with Gasteiger partial charge in [-0.1, -0.05) is 6.07 Å². The van der Waals surface area contributed by atoms with E-state index in [1.165, 1.54) is 34.9 Å². The highest BCUT2D eigenvalue weighted by molar-refractivity contribution is 9.13. The Bertz CT molecular complexity index is 785. The number of thiophene rings is 1. The number of fused-ring (bicyclic) bond motifs is 3. The van der Waals surface area contributed by atoms with E-state index in [4.69, 9.17) is 0 Å². The van der Waals surface area contributed by atoms with E-state index < -0.39 is 0 Å². The molecule has 0 aliphatic heterocycles. The van der Waals surface area contributed by atoms with E-state index in [1.807, 2.05) is 14.1 Å². The lowest BCUT2D eigenvalue weighted by molar-refractivity contribution is -0.135. The lowest BCUT2D eigenvalue weighted by Gasteiger charge is -2.32. The molecular weight excluding hydrogens is 438 g/mol. The Morgan fingerprint density at radius 1 is 1.22 bits per heavy atom. The first-order chi connectivity index (χ1) is 11.0. The first kappa shape index (κ1) is 16.1. The Hall–Kier alpha value is -0.390. The van der Waals surface area contributed by atoms with Crippen LogP contribution in [-0.2, 0) is 4.79 Å². The van der Waals surface area contributed by atoms with Crippen LogP contribution in [-0.4, -0.2) is 24.9 Å². The summed E-state index contributed by atoms with van der Waals surface area (Å²) in [5.41, 5.74) is 1.34. The Morgan fingerprint density at radius 2 is 1.96 bits per heavy atom. The van der Waals surface area contributed by atoms with Gasteiger partial charge in [0.05, 0.1) is 8.26 Å². The monoisotopic (exact) mass is 455 g/mol. The maximum atomic E-state index is 12.8. The molecule has 4 rings (SSSR count). The fraction of sp³-hybridized carbons (Fsp3) is 0.500. The summed E-state index contributed by atoms with van der Waals surface area (Å²) in [4.78, 5) is 14.6. The van der Waals surface area contributed by atoms with E-state index in [0.29, 0.717) is 23.7 Å². The molecule has 2 aliphatic carbocycles. The number of halogens is 2. The van der Waals surface area contributed by atoms with Gasteiger partial charge >= 0.3 is 0 Å². The highest BCUT2D eigenvalue weighted by atomic mass is 79.9. The number of carbonyl (C=O) groups is 1. The average Bonchev–Trinajstić information content (AvgIpc) is 3.20. The number of amides is 1. The Kier molecular flexibility index (Phi) is 4.10. The first-order valence-corrected chi connectivity index (χ1v) is 10.5. The smallest absolute Gasteiger partial charge is 0.226 e. The number of rotatable bonds is 2. The van der Waals surface area contributed by atoms with E-state index in [9.17, 15) is 4.79 Å². The van der Waals surface area contributed by atoms with E-state index in [0.717, 1.165) is 8.26 Å². The van der Waals surface area contributed by atoms with Crippen LogP contribution in [0.1, 0.15) is 30.7 Å². The Morgan fingerprint density at radius 3 is 2.70 bits per heavy atom. The fourth-order valence-electron chi connectivity index (χ4n) is 4.69. The highest BCUT2D eigenvalue weighted by Gasteiger charge is 2.51. The van der Waals surface area contributed by atoms with Crippen molar-refractivity contribution in [3.63, 3.8) is 0 Å². The van der Waals surface area contributed by atoms with Crippen molar-refractivity contribution in [2.24, 2.45) is 17.8 Å². The van der Waals surface area contributed by atoms with Crippen molar-refractivity contribution in [3.8, 4) is 0 Å². The Labute approximate surface area is 157 Å². The maximum absolute atomic E-state index is 12.8. The maximum Gasteiger partial charge on any atom is 0.226 e. The van der Waals surface area contributed by atoms with Crippen molar-refractivity contribution in [1.82, 2.24) is 4.90 Å². The van der Waals surface area contributed by atoms with Gasteiger partial charge in [0, 0.05) is 30.1 Å². The van der Waals surface area contributed by atoms with Gasteiger partial charge in [0.25, 0.3) is 0 Å². The quantitative estimate of drug-likeness (QED) is 0.572. The largest absolute Gasteiger partial charge is 0.349 e. The number of hydrogen-bond donors (Lipinski definition) is 0. The minimum absolute atomic E-state index is 0.169. The summed E-state index contributed by atoms with van der Waals surface area (Å²) in [5.74, 6) is 2.12. The third-order valence-corrected chi connectivity index (χ3v) is 9.10. The van der Waals surface area contributed by atoms with Gasteiger partial charge in [-0.25, -0.2) is 0 Å². The minimum atomic E-state index is 0.169. The standard InChI is InChI=1S/C18H19Br2NOS/c1-21(2)18(22)15-10-4-3-9(7-10)14(15)11-5-6-13-12(8-11)16(19)17(20)23-13/h5-6,8-10,14-15H,3-4,7H2,1-2H3/t9-,10+,14-,15-/m1/s1. The van der Waals surface area contributed by atoms with Crippen molar-refractivity contribution in [2.45, 2.75) is 25.2 Å². The summed E-state index contributed by atoms with van der Waals surface area (Å²) in [6.45, 7) is 0. The molecule has 1 aromatic carbocycles. The normalized spacial score (nSPS) is 29.4. The zero-order chi connectivity index (χ0) is 16.3. The molecule has 1 amide bonds. The number of hydrogen-bond acceptors (Lipinski definition) is 2. The zero-order valence-electron chi connectivity index (χ0n) is 13.2. The second kappa shape index (κ2) is 5.85. The van der Waals surface area contributed by atoms with Crippen LogP contribution < -0.4 is 0 Å². The van der Waals surface area contributed by atoms with E-state index in [2.05, 4.69) is 50.1 Å². The van der Waals surface area contributed by atoms with Crippen molar-refractivity contribution in [3.05, 3.63) is 32.0 Å². The van der Waals surface area contributed by atoms with Gasteiger partial charge < -0.3 is 4.90 Å². The molecule has 0 unspecified atom stereocenters. The molecule has 2 bridgehead atoms. The summed E-state index contributed by atoms with van der Waals surface area (Å²) in [6, 6.07) is 6.77. The van der Waals surface area contributed by atoms with Crippen molar-refractivity contribution >= 4 is 59.2 Å². The van der Waals surface area contributed by atoms with Gasteiger partial charge in [-0.05, 0) is 86.6 Å². The molecule has 23 heavy (non-hydrogen) atoms. The predicted octanol–water partition coefficient (Wildman–Crippen LogP) is 5.64. The first-order valence-electron chi connectivity index (χ1n) is 8.06. The highest BCUT2D eigenvalue weighted by Crippen LogP contribution is 2.57. The average molecular weight is 457 g/mol. The van der Waals surface area contributed by atoms with Crippen LogP contribution in [0.4, 0.5) is 0 Å². The van der Waals surface area contributed by atoms with Crippen LogP contribution in [0.25, 0.3) is 10.1 Å². The second-order valence-corrected chi connectivity index (χ2v) is 10.2. The van der Waals surface area contributed by atoms with Gasteiger partial charge in [-0.15, -0.1) is 11.3 Å². The van der Waals surface area contributed by atoms with Crippen LogP contribution >= 0.6 is 43.2 Å². The van der Waals surface area contributed by atoms with E-state index in [1.54, 1.807) is 16.2 Å². The van der Waals surface area contributed by atoms with Gasteiger partial charge in [-0.2, -0.15) is 0 Å². The number of carbonyl (C=O) groups excluding carboxylic acids is 1. The Balaban J connectivity index is 1.78. The molecule has 0 saturated heterocycles. The van der Waals surface area contributed by atoms with Crippen LogP contribution in [0, 0.1) is 17.8 Å². The summed E-state index contributed by atoms with van der Waals surface area (Å²) in [5, 5.41) is 1.26. The number of benzene rings is 1. The third kappa shape index (κ3) is 2.50. The molecule has 5 heteroatoms. The summed E-state index contributed by atoms with van der Waals surface area (Å²) in [6.07, 6.45) is 3.72. The molecule has 4 atom stereocenters. The molecule has 122 valence electrons. The van der Waals surface area contributed by atoms with Gasteiger partial charge in [0.1, 0.15) is 0 Å². The van der Waals surface area contributed by atoms with Crippen molar-refractivity contribution < 1.29 is 4.79 Å². The topological polar surface area (TPSA) is 20.3 Å². The van der Waals surface area contributed by atoms with Gasteiger partial charge in [0.15, 0.2) is 0 Å². The molecule has 1 heterocycles. The summed E-state index contributed by atoms with van der Waals surface area (Å²) >= 11 is 9.06. The molecule has 2 saturated carbocycles. The minimum Gasteiger partial charge on any atom is -0.349 e. The van der Waals surface area contributed by atoms with Crippen LogP contribution in [0.2, 0.25) is 0 Å². The molecular formula is C18H19Br2NOS. The lowest BCUT2D eigenvalue weighted by Crippen LogP contribution is -2.36. The third-order valence-electron chi connectivity index (χ3n) is 5.64. The fourth-order valence-corrected chi connectivity index (χ4v) is 6.93. The van der Waals surface area contributed by atoms with E-state index in [-0.39, 0.29) is 5.92 Å². The SMILES string of the molecule is CN(C)C(=O)[C@@H]1[C@H]2CC[C@H](C2)[C@@H]1c1ccc2sc(Br)c(Br)c2c1.